The van der Waals surface area contributed by atoms with Gasteiger partial charge in [-0.1, -0.05) is 12.1 Å². The number of ketones is 1. The summed E-state index contributed by atoms with van der Waals surface area (Å²) in [5, 5.41) is 3.84. The van der Waals surface area contributed by atoms with Crippen molar-refractivity contribution in [2.24, 2.45) is 0 Å². The lowest BCUT2D eigenvalue weighted by Gasteiger charge is -2.35. The molecule has 0 bridgehead atoms. The van der Waals surface area contributed by atoms with Crippen LogP contribution in [0.4, 0.5) is 0 Å². The molecule has 4 nitrogen and oxygen atoms in total. The summed E-state index contributed by atoms with van der Waals surface area (Å²) < 4.78 is 5.16. The predicted octanol–water partition coefficient (Wildman–Crippen LogP) is 2.42. The topological polar surface area (TPSA) is 41.6 Å². The quantitative estimate of drug-likeness (QED) is 0.866. The molecule has 1 N–H and O–H groups in total. The number of Topliss-reactive ketones (excluding diaryl/α,β-unsaturated/α-hetero) is 1. The normalized spacial score (nSPS) is 18.9. The number of nitrogens with one attached hydrogen (secondary N) is 1. The van der Waals surface area contributed by atoms with E-state index in [0.29, 0.717) is 5.11 Å². The van der Waals surface area contributed by atoms with Crippen molar-refractivity contribution in [1.82, 2.24) is 10.2 Å². The minimum atomic E-state index is -0.206. The number of hydrogen-bond acceptors (Lipinski definition) is 3. The van der Waals surface area contributed by atoms with Crippen LogP contribution in [0.25, 0.3) is 0 Å². The Labute approximate surface area is 124 Å². The SMILES string of the molecule is COc1ccc(C2NC(=S)N(C)C(C)=C2C(C)=O)cc1. The number of rotatable bonds is 3. The van der Waals surface area contributed by atoms with E-state index in [2.05, 4.69) is 5.32 Å². The molecule has 1 heterocycles. The molecule has 1 aliphatic rings. The highest BCUT2D eigenvalue weighted by molar-refractivity contribution is 7.80. The van der Waals surface area contributed by atoms with Crippen LogP contribution in [0.3, 0.4) is 0 Å². The molecule has 20 heavy (non-hydrogen) atoms. The molecule has 0 saturated heterocycles. The maximum Gasteiger partial charge on any atom is 0.173 e. The minimum absolute atomic E-state index is 0.0465. The first-order valence-corrected chi connectivity index (χ1v) is 6.76. The molecule has 2 rings (SSSR count). The summed E-state index contributed by atoms with van der Waals surface area (Å²) in [5.74, 6) is 0.833. The molecular formula is C15H18N2O2S. The summed E-state index contributed by atoms with van der Waals surface area (Å²) in [6, 6.07) is 7.44. The Hall–Kier alpha value is -1.88. The fraction of sp³-hybridized carbons (Fsp3) is 0.333. The highest BCUT2D eigenvalue weighted by Crippen LogP contribution is 2.31. The highest BCUT2D eigenvalue weighted by atomic mass is 32.1. The van der Waals surface area contributed by atoms with Gasteiger partial charge < -0.3 is 15.0 Å². The summed E-state index contributed by atoms with van der Waals surface area (Å²) in [4.78, 5) is 13.8. The second-order valence-corrected chi connectivity index (χ2v) is 5.16. The molecule has 0 spiro atoms. The number of benzene rings is 1. The summed E-state index contributed by atoms with van der Waals surface area (Å²) in [6.45, 7) is 3.50. The van der Waals surface area contributed by atoms with Crippen LogP contribution in [-0.2, 0) is 4.79 Å². The van der Waals surface area contributed by atoms with E-state index in [9.17, 15) is 4.79 Å². The number of carbonyl (C=O) groups excluding carboxylic acids is 1. The average Bonchev–Trinajstić information content (AvgIpc) is 2.44. The second kappa shape index (κ2) is 5.63. The van der Waals surface area contributed by atoms with Crippen molar-refractivity contribution < 1.29 is 9.53 Å². The number of thiocarbonyl (C=S) groups is 1. The number of hydrogen-bond donors (Lipinski definition) is 1. The van der Waals surface area contributed by atoms with E-state index < -0.39 is 0 Å². The lowest BCUT2D eigenvalue weighted by molar-refractivity contribution is -0.114. The number of ether oxygens (including phenoxy) is 1. The van der Waals surface area contributed by atoms with E-state index in [1.165, 1.54) is 0 Å². The Balaban J connectivity index is 2.47. The Morgan fingerprint density at radius 3 is 2.45 bits per heavy atom. The second-order valence-electron chi connectivity index (χ2n) is 4.77. The molecular weight excluding hydrogens is 272 g/mol. The van der Waals surface area contributed by atoms with Gasteiger partial charge in [0.2, 0.25) is 0 Å². The molecule has 0 amide bonds. The van der Waals surface area contributed by atoms with Gasteiger partial charge in [-0.2, -0.15) is 0 Å². The first-order chi connectivity index (χ1) is 9.45. The summed E-state index contributed by atoms with van der Waals surface area (Å²) in [6.07, 6.45) is 0. The molecule has 1 aromatic rings. The number of allylic oxidation sites excluding steroid dienone is 1. The molecule has 0 fully saturated rings. The van der Waals surface area contributed by atoms with Crippen LogP contribution < -0.4 is 10.1 Å². The Bertz CT molecular complexity index is 578. The average molecular weight is 290 g/mol. The van der Waals surface area contributed by atoms with Crippen LogP contribution in [0.1, 0.15) is 25.5 Å². The maximum atomic E-state index is 12.0. The molecule has 5 heteroatoms. The van der Waals surface area contributed by atoms with Crippen molar-refractivity contribution in [3.8, 4) is 5.75 Å². The van der Waals surface area contributed by atoms with E-state index in [-0.39, 0.29) is 11.8 Å². The van der Waals surface area contributed by atoms with Gasteiger partial charge in [0.05, 0.1) is 13.2 Å². The fourth-order valence-electron chi connectivity index (χ4n) is 2.34. The molecule has 0 radical (unpaired) electrons. The third-order valence-corrected chi connectivity index (χ3v) is 3.97. The lowest BCUT2D eigenvalue weighted by atomic mass is 9.92. The van der Waals surface area contributed by atoms with Crippen molar-refractivity contribution >= 4 is 23.1 Å². The standard InChI is InChI=1S/C15H18N2O2S/c1-9-13(10(2)18)14(16-15(20)17(9)3)11-5-7-12(19-4)8-6-11/h5-8,14H,1-4H3,(H,16,20). The zero-order valence-corrected chi connectivity index (χ0v) is 12.9. The van der Waals surface area contributed by atoms with Gasteiger partial charge in [0, 0.05) is 18.3 Å². The van der Waals surface area contributed by atoms with Crippen molar-refractivity contribution in [2.75, 3.05) is 14.2 Å². The maximum absolute atomic E-state index is 12.0. The predicted molar refractivity (Wildman–Crippen MR) is 82.6 cm³/mol. The van der Waals surface area contributed by atoms with Gasteiger partial charge in [0.1, 0.15) is 5.75 Å². The van der Waals surface area contributed by atoms with Crippen LogP contribution in [-0.4, -0.2) is 30.0 Å². The number of nitrogens with zero attached hydrogens (tertiary/aromatic N) is 1. The Morgan fingerprint density at radius 1 is 1.35 bits per heavy atom. The van der Waals surface area contributed by atoms with Crippen molar-refractivity contribution in [3.05, 3.63) is 41.1 Å². The third kappa shape index (κ3) is 2.54. The van der Waals surface area contributed by atoms with E-state index in [1.54, 1.807) is 14.0 Å². The van der Waals surface area contributed by atoms with Gasteiger partial charge in [-0.05, 0) is 43.8 Å². The van der Waals surface area contributed by atoms with Crippen molar-refractivity contribution in [2.45, 2.75) is 19.9 Å². The largest absolute Gasteiger partial charge is 0.497 e. The van der Waals surface area contributed by atoms with Crippen LogP contribution in [0, 0.1) is 0 Å². The van der Waals surface area contributed by atoms with E-state index in [0.717, 1.165) is 22.6 Å². The zero-order chi connectivity index (χ0) is 14.9. The van der Waals surface area contributed by atoms with E-state index in [4.69, 9.17) is 17.0 Å². The molecule has 1 aliphatic heterocycles. The van der Waals surface area contributed by atoms with Gasteiger partial charge in [0.15, 0.2) is 10.9 Å². The van der Waals surface area contributed by atoms with Gasteiger partial charge in [-0.15, -0.1) is 0 Å². The third-order valence-electron chi connectivity index (χ3n) is 3.58. The summed E-state index contributed by atoms with van der Waals surface area (Å²) >= 11 is 5.32. The van der Waals surface area contributed by atoms with Crippen LogP contribution >= 0.6 is 12.2 Å². The number of methoxy groups -OCH3 is 1. The zero-order valence-electron chi connectivity index (χ0n) is 12.1. The van der Waals surface area contributed by atoms with Crippen molar-refractivity contribution in [1.29, 1.82) is 0 Å². The molecule has 0 aliphatic carbocycles. The molecule has 106 valence electrons. The number of carbonyl (C=O) groups is 1. The van der Waals surface area contributed by atoms with E-state index in [1.807, 2.05) is 43.1 Å². The molecule has 0 saturated carbocycles. The first kappa shape index (κ1) is 14.5. The Kier molecular flexibility index (Phi) is 4.09. The molecule has 0 aromatic heterocycles. The van der Waals surface area contributed by atoms with Gasteiger partial charge in [-0.3, -0.25) is 4.79 Å². The van der Waals surface area contributed by atoms with Crippen LogP contribution in [0.2, 0.25) is 0 Å². The summed E-state index contributed by atoms with van der Waals surface area (Å²) in [5.41, 5.74) is 2.62. The minimum Gasteiger partial charge on any atom is -0.497 e. The molecule has 1 atom stereocenters. The highest BCUT2D eigenvalue weighted by Gasteiger charge is 2.30. The van der Waals surface area contributed by atoms with E-state index >= 15 is 0 Å². The fourth-order valence-corrected chi connectivity index (χ4v) is 2.59. The lowest BCUT2D eigenvalue weighted by Crippen LogP contribution is -2.45. The Morgan fingerprint density at radius 2 is 1.95 bits per heavy atom. The summed E-state index contributed by atoms with van der Waals surface area (Å²) in [7, 11) is 3.49. The first-order valence-electron chi connectivity index (χ1n) is 6.35. The van der Waals surface area contributed by atoms with Crippen LogP contribution in [0.5, 0.6) is 5.75 Å². The van der Waals surface area contributed by atoms with Gasteiger partial charge in [0.25, 0.3) is 0 Å². The monoisotopic (exact) mass is 290 g/mol. The van der Waals surface area contributed by atoms with Crippen molar-refractivity contribution in [3.63, 3.8) is 0 Å². The smallest absolute Gasteiger partial charge is 0.173 e. The van der Waals surface area contributed by atoms with Gasteiger partial charge in [-0.25, -0.2) is 0 Å². The molecule has 1 unspecified atom stereocenters. The molecule has 1 aromatic carbocycles. The van der Waals surface area contributed by atoms with Crippen LogP contribution in [0.15, 0.2) is 35.5 Å². The van der Waals surface area contributed by atoms with Gasteiger partial charge >= 0.3 is 0 Å².